The van der Waals surface area contributed by atoms with Crippen LogP contribution >= 0.6 is 11.3 Å². The number of carbonyl (C=O) groups is 1. The van der Waals surface area contributed by atoms with E-state index in [2.05, 4.69) is 4.98 Å². The highest BCUT2D eigenvalue weighted by molar-refractivity contribution is 7.09. The van der Waals surface area contributed by atoms with Crippen molar-refractivity contribution in [2.75, 3.05) is 13.2 Å². The first-order chi connectivity index (χ1) is 11.7. The summed E-state index contributed by atoms with van der Waals surface area (Å²) >= 11 is 1.69. The van der Waals surface area contributed by atoms with Crippen molar-refractivity contribution in [1.82, 2.24) is 4.98 Å². The van der Waals surface area contributed by atoms with Crippen LogP contribution < -0.4 is 0 Å². The molecule has 0 radical (unpaired) electrons. The lowest BCUT2D eigenvalue weighted by Gasteiger charge is -2.18. The van der Waals surface area contributed by atoms with E-state index in [1.165, 1.54) is 37.1 Å². The lowest BCUT2D eigenvalue weighted by molar-refractivity contribution is -0.159. The van der Waals surface area contributed by atoms with E-state index in [-0.39, 0.29) is 18.7 Å². The highest BCUT2D eigenvalue weighted by Crippen LogP contribution is 2.34. The summed E-state index contributed by atoms with van der Waals surface area (Å²) in [7, 11) is 0. The number of esters is 1. The lowest BCUT2D eigenvalue weighted by Crippen LogP contribution is -2.27. The van der Waals surface area contributed by atoms with Gasteiger partial charge in [0.15, 0.2) is 6.10 Å². The molecule has 5 nitrogen and oxygen atoms in total. The second-order valence-corrected chi connectivity index (χ2v) is 7.62. The molecular formula is C18H27NO4S. The van der Waals surface area contributed by atoms with Crippen molar-refractivity contribution >= 4 is 17.3 Å². The van der Waals surface area contributed by atoms with Crippen LogP contribution in [0.3, 0.4) is 0 Å². The molecule has 2 aliphatic rings. The fourth-order valence-corrected chi connectivity index (χ4v) is 4.26. The first-order valence-electron chi connectivity index (χ1n) is 9.06. The van der Waals surface area contributed by atoms with Crippen LogP contribution in [0.15, 0.2) is 5.38 Å². The van der Waals surface area contributed by atoms with Crippen LogP contribution in [-0.4, -0.2) is 36.4 Å². The molecule has 1 saturated carbocycles. The van der Waals surface area contributed by atoms with Crippen molar-refractivity contribution in [3.8, 4) is 0 Å². The number of carbonyl (C=O) groups excluding carboxylic acids is 1. The van der Waals surface area contributed by atoms with Gasteiger partial charge in [0.1, 0.15) is 6.61 Å². The number of rotatable bonds is 7. The molecule has 3 rings (SSSR count). The fraction of sp³-hybridized carbons (Fsp3) is 0.778. The molecule has 1 aliphatic carbocycles. The average Bonchev–Trinajstić information content (AvgIpc) is 3.30. The first kappa shape index (κ1) is 17.8. The van der Waals surface area contributed by atoms with E-state index in [1.807, 2.05) is 5.38 Å². The van der Waals surface area contributed by atoms with Gasteiger partial charge in [-0.25, -0.2) is 9.78 Å². The summed E-state index contributed by atoms with van der Waals surface area (Å²) in [4.78, 5) is 16.7. The van der Waals surface area contributed by atoms with E-state index < -0.39 is 6.10 Å². The molecule has 134 valence electrons. The van der Waals surface area contributed by atoms with Gasteiger partial charge in [-0.15, -0.1) is 11.3 Å². The zero-order valence-corrected chi connectivity index (χ0v) is 15.2. The predicted molar refractivity (Wildman–Crippen MR) is 92.1 cm³/mol. The minimum Gasteiger partial charge on any atom is -0.457 e. The lowest BCUT2D eigenvalue weighted by atomic mass is 9.90. The second kappa shape index (κ2) is 8.92. The number of hydrogen-bond acceptors (Lipinski definition) is 6. The maximum Gasteiger partial charge on any atom is 0.335 e. The quantitative estimate of drug-likeness (QED) is 0.698. The van der Waals surface area contributed by atoms with Crippen LogP contribution in [0.4, 0.5) is 0 Å². The Labute approximate surface area is 147 Å². The maximum atomic E-state index is 12.0. The van der Waals surface area contributed by atoms with Crippen LogP contribution in [-0.2, 0) is 25.6 Å². The molecule has 2 unspecified atom stereocenters. The third-order valence-corrected chi connectivity index (χ3v) is 5.83. The zero-order valence-electron chi connectivity index (χ0n) is 14.4. The van der Waals surface area contributed by atoms with Crippen molar-refractivity contribution < 1.29 is 19.0 Å². The maximum absolute atomic E-state index is 12.0. The van der Waals surface area contributed by atoms with Gasteiger partial charge in [-0.1, -0.05) is 19.3 Å². The summed E-state index contributed by atoms with van der Waals surface area (Å²) in [5.41, 5.74) is 0.847. The van der Waals surface area contributed by atoms with Gasteiger partial charge in [-0.3, -0.25) is 0 Å². The van der Waals surface area contributed by atoms with Gasteiger partial charge in [0, 0.05) is 17.9 Å². The average molecular weight is 353 g/mol. The van der Waals surface area contributed by atoms with Crippen LogP contribution in [0.25, 0.3) is 0 Å². The first-order valence-corrected chi connectivity index (χ1v) is 9.94. The van der Waals surface area contributed by atoms with E-state index >= 15 is 0 Å². The normalized spacial score (nSPS) is 23.3. The van der Waals surface area contributed by atoms with Crippen molar-refractivity contribution in [2.45, 2.75) is 76.6 Å². The Morgan fingerprint density at radius 2 is 2.17 bits per heavy atom. The molecule has 6 heteroatoms. The smallest absolute Gasteiger partial charge is 0.335 e. The van der Waals surface area contributed by atoms with Crippen LogP contribution in [0, 0.1) is 0 Å². The standard InChI is InChI=1S/C18H27NO4S/c1-13(22-11-16-8-5-9-21-16)18(20)23-10-15-12-24-17(19-15)14-6-3-2-4-7-14/h12-14,16H,2-11H2,1H3. The van der Waals surface area contributed by atoms with Gasteiger partial charge in [0.05, 0.1) is 23.4 Å². The van der Waals surface area contributed by atoms with Crippen molar-refractivity contribution in [2.24, 2.45) is 0 Å². The summed E-state index contributed by atoms with van der Waals surface area (Å²) in [5, 5.41) is 3.21. The third kappa shape index (κ3) is 5.01. The van der Waals surface area contributed by atoms with Crippen LogP contribution in [0.2, 0.25) is 0 Å². The summed E-state index contributed by atoms with van der Waals surface area (Å²) in [6, 6.07) is 0. The molecule has 1 aliphatic heterocycles. The van der Waals surface area contributed by atoms with Gasteiger partial charge in [0.2, 0.25) is 0 Å². The molecule has 0 spiro atoms. The van der Waals surface area contributed by atoms with Gasteiger partial charge in [-0.2, -0.15) is 0 Å². The number of thiazole rings is 1. The van der Waals surface area contributed by atoms with E-state index in [9.17, 15) is 4.79 Å². The van der Waals surface area contributed by atoms with Crippen molar-refractivity contribution in [3.05, 3.63) is 16.1 Å². The molecule has 24 heavy (non-hydrogen) atoms. The van der Waals surface area contributed by atoms with E-state index in [0.717, 1.165) is 25.1 Å². The van der Waals surface area contributed by atoms with Crippen molar-refractivity contribution in [1.29, 1.82) is 0 Å². The largest absolute Gasteiger partial charge is 0.457 e. The fourth-order valence-electron chi connectivity index (χ4n) is 3.28. The summed E-state index contributed by atoms with van der Waals surface area (Å²) in [6.07, 6.45) is 8.05. The van der Waals surface area contributed by atoms with E-state index in [0.29, 0.717) is 12.5 Å². The number of hydrogen-bond donors (Lipinski definition) is 0. The van der Waals surface area contributed by atoms with E-state index in [1.54, 1.807) is 18.3 Å². The number of nitrogens with zero attached hydrogens (tertiary/aromatic N) is 1. The molecule has 2 heterocycles. The van der Waals surface area contributed by atoms with Crippen molar-refractivity contribution in [3.63, 3.8) is 0 Å². The van der Waals surface area contributed by atoms with Gasteiger partial charge >= 0.3 is 5.97 Å². The van der Waals surface area contributed by atoms with Crippen LogP contribution in [0.1, 0.15) is 68.5 Å². The Morgan fingerprint density at radius 3 is 2.92 bits per heavy atom. The summed E-state index contributed by atoms with van der Waals surface area (Å²) in [6.45, 7) is 3.21. The highest BCUT2D eigenvalue weighted by atomic mass is 32.1. The van der Waals surface area contributed by atoms with Crippen LogP contribution in [0.5, 0.6) is 0 Å². The molecule has 1 aromatic heterocycles. The zero-order chi connectivity index (χ0) is 16.8. The minimum atomic E-state index is -0.564. The van der Waals surface area contributed by atoms with E-state index in [4.69, 9.17) is 14.2 Å². The number of ether oxygens (including phenoxy) is 3. The molecule has 0 N–H and O–H groups in total. The Hall–Kier alpha value is -0.980. The molecular weight excluding hydrogens is 326 g/mol. The van der Waals surface area contributed by atoms with Gasteiger partial charge in [-0.05, 0) is 32.6 Å². The topological polar surface area (TPSA) is 57.7 Å². The minimum absolute atomic E-state index is 0.122. The third-order valence-electron chi connectivity index (χ3n) is 4.77. The Kier molecular flexibility index (Phi) is 6.63. The summed E-state index contributed by atoms with van der Waals surface area (Å²) in [5.74, 6) is 0.266. The Balaban J connectivity index is 1.39. The highest BCUT2D eigenvalue weighted by Gasteiger charge is 2.22. The monoisotopic (exact) mass is 353 g/mol. The second-order valence-electron chi connectivity index (χ2n) is 6.73. The van der Waals surface area contributed by atoms with Gasteiger partial charge in [0.25, 0.3) is 0 Å². The molecule has 1 aromatic rings. The SMILES string of the molecule is CC(OCC1CCCO1)C(=O)OCc1csc(C2CCCCC2)n1. The molecule has 0 aromatic carbocycles. The summed E-state index contributed by atoms with van der Waals surface area (Å²) < 4.78 is 16.4. The Bertz CT molecular complexity index is 521. The Morgan fingerprint density at radius 1 is 1.33 bits per heavy atom. The molecule has 2 fully saturated rings. The molecule has 2 atom stereocenters. The molecule has 0 bridgehead atoms. The predicted octanol–water partition coefficient (Wildman–Crippen LogP) is 3.82. The molecule has 0 amide bonds. The number of aromatic nitrogens is 1. The molecule has 1 saturated heterocycles. The van der Waals surface area contributed by atoms with Gasteiger partial charge < -0.3 is 14.2 Å².